The number of benzene rings is 2. The summed E-state index contributed by atoms with van der Waals surface area (Å²) in [6.07, 6.45) is 0. The van der Waals surface area contributed by atoms with Crippen molar-refractivity contribution >= 4 is 0 Å². The molecular weight excluding hydrogens is 382 g/mol. The van der Waals surface area contributed by atoms with Gasteiger partial charge in [-0.15, -0.1) is 0 Å². The van der Waals surface area contributed by atoms with E-state index in [0.717, 1.165) is 22.5 Å². The van der Waals surface area contributed by atoms with Crippen LogP contribution in [0.4, 0.5) is 0 Å². The van der Waals surface area contributed by atoms with Crippen molar-refractivity contribution in [1.82, 2.24) is 24.9 Å². The van der Waals surface area contributed by atoms with E-state index in [2.05, 4.69) is 9.97 Å². The number of hydrogen-bond donors (Lipinski definition) is 0. The maximum absolute atomic E-state index is 4.78. The Morgan fingerprint density at radius 1 is 0.387 bits per heavy atom. The molecule has 5 rings (SSSR count). The van der Waals surface area contributed by atoms with Crippen LogP contribution in [0, 0.1) is 6.92 Å². The van der Waals surface area contributed by atoms with Gasteiger partial charge in [0.25, 0.3) is 0 Å². The number of hydrogen-bond acceptors (Lipinski definition) is 5. The van der Waals surface area contributed by atoms with Gasteiger partial charge < -0.3 is 0 Å². The molecule has 0 aliphatic rings. The zero-order valence-corrected chi connectivity index (χ0v) is 17.0. The van der Waals surface area contributed by atoms with E-state index in [1.807, 2.05) is 104 Å². The van der Waals surface area contributed by atoms with Crippen LogP contribution < -0.4 is 0 Å². The van der Waals surface area contributed by atoms with Crippen molar-refractivity contribution in [3.8, 4) is 45.6 Å². The van der Waals surface area contributed by atoms with Crippen molar-refractivity contribution in [2.75, 3.05) is 0 Å². The molecule has 2 aromatic carbocycles. The Bertz CT molecular complexity index is 1230. The van der Waals surface area contributed by atoms with Crippen LogP contribution in [-0.2, 0) is 0 Å². The van der Waals surface area contributed by atoms with E-state index in [1.54, 1.807) is 0 Å². The van der Waals surface area contributed by atoms with Gasteiger partial charge in [-0.05, 0) is 31.2 Å². The standard InChI is InChI=1S/C26H19N5/c1-18-27-25(23-16-8-14-21(29-23)19-10-4-2-5-11-19)31-26(28-18)24-17-9-15-22(30-24)20-12-6-3-7-13-20/h2-17H,1H3. The van der Waals surface area contributed by atoms with Gasteiger partial charge in [0.15, 0.2) is 11.6 Å². The molecule has 0 N–H and O–H groups in total. The summed E-state index contributed by atoms with van der Waals surface area (Å²) >= 11 is 0. The third kappa shape index (κ3) is 4.07. The fourth-order valence-electron chi connectivity index (χ4n) is 3.37. The van der Waals surface area contributed by atoms with Gasteiger partial charge in [0.2, 0.25) is 0 Å². The van der Waals surface area contributed by atoms with E-state index < -0.39 is 0 Å². The smallest absolute Gasteiger partial charge is 0.182 e. The monoisotopic (exact) mass is 401 g/mol. The van der Waals surface area contributed by atoms with Crippen LogP contribution in [0.5, 0.6) is 0 Å². The first kappa shape index (κ1) is 18.8. The maximum Gasteiger partial charge on any atom is 0.182 e. The third-order valence-corrected chi connectivity index (χ3v) is 4.84. The van der Waals surface area contributed by atoms with Gasteiger partial charge in [0.1, 0.15) is 17.2 Å². The van der Waals surface area contributed by atoms with E-state index >= 15 is 0 Å². The summed E-state index contributed by atoms with van der Waals surface area (Å²) in [7, 11) is 0. The lowest BCUT2D eigenvalue weighted by molar-refractivity contribution is 0.976. The molecular formula is C26H19N5. The average molecular weight is 401 g/mol. The highest BCUT2D eigenvalue weighted by molar-refractivity contribution is 5.65. The minimum absolute atomic E-state index is 0.534. The lowest BCUT2D eigenvalue weighted by Crippen LogP contribution is -2.02. The Labute approximate surface area is 180 Å². The van der Waals surface area contributed by atoms with Crippen LogP contribution in [-0.4, -0.2) is 24.9 Å². The number of nitrogens with zero attached hydrogens (tertiary/aromatic N) is 5. The molecule has 0 aliphatic heterocycles. The van der Waals surface area contributed by atoms with Crippen molar-refractivity contribution in [3.05, 3.63) is 103 Å². The number of rotatable bonds is 4. The molecule has 0 atom stereocenters. The van der Waals surface area contributed by atoms with Gasteiger partial charge in [0, 0.05) is 11.1 Å². The molecule has 0 fully saturated rings. The molecule has 148 valence electrons. The van der Waals surface area contributed by atoms with Crippen molar-refractivity contribution in [3.63, 3.8) is 0 Å². The second kappa shape index (κ2) is 8.24. The summed E-state index contributed by atoms with van der Waals surface area (Å²) in [5, 5.41) is 0. The third-order valence-electron chi connectivity index (χ3n) is 4.84. The fourth-order valence-corrected chi connectivity index (χ4v) is 3.37. The van der Waals surface area contributed by atoms with Crippen molar-refractivity contribution in [1.29, 1.82) is 0 Å². The Morgan fingerprint density at radius 3 is 1.26 bits per heavy atom. The molecule has 31 heavy (non-hydrogen) atoms. The Hall–Kier alpha value is -4.25. The molecule has 5 heteroatoms. The van der Waals surface area contributed by atoms with Crippen LogP contribution in [0.15, 0.2) is 97.1 Å². The van der Waals surface area contributed by atoms with Crippen molar-refractivity contribution < 1.29 is 0 Å². The van der Waals surface area contributed by atoms with E-state index in [0.29, 0.717) is 28.9 Å². The minimum atomic E-state index is 0.534. The molecule has 0 saturated carbocycles. The van der Waals surface area contributed by atoms with E-state index in [-0.39, 0.29) is 0 Å². The highest BCUT2D eigenvalue weighted by Gasteiger charge is 2.12. The topological polar surface area (TPSA) is 64.5 Å². The zero-order chi connectivity index (χ0) is 21.0. The normalized spacial score (nSPS) is 10.7. The number of pyridine rings is 2. The van der Waals surface area contributed by atoms with E-state index in [4.69, 9.17) is 15.0 Å². The molecule has 0 saturated heterocycles. The molecule has 5 nitrogen and oxygen atoms in total. The molecule has 3 heterocycles. The second-order valence-corrected chi connectivity index (χ2v) is 7.08. The average Bonchev–Trinajstić information content (AvgIpc) is 2.85. The van der Waals surface area contributed by atoms with Crippen LogP contribution in [0.1, 0.15) is 5.82 Å². The quantitative estimate of drug-likeness (QED) is 0.390. The van der Waals surface area contributed by atoms with Gasteiger partial charge >= 0.3 is 0 Å². The van der Waals surface area contributed by atoms with Crippen LogP contribution in [0.2, 0.25) is 0 Å². The molecule has 0 bridgehead atoms. The highest BCUT2D eigenvalue weighted by Crippen LogP contribution is 2.24. The van der Waals surface area contributed by atoms with Crippen LogP contribution in [0.3, 0.4) is 0 Å². The van der Waals surface area contributed by atoms with Crippen LogP contribution in [0.25, 0.3) is 45.6 Å². The van der Waals surface area contributed by atoms with Gasteiger partial charge in [-0.2, -0.15) is 0 Å². The largest absolute Gasteiger partial charge is 0.244 e. The Kier molecular flexibility index (Phi) is 4.99. The first-order valence-electron chi connectivity index (χ1n) is 10.0. The fraction of sp³-hybridized carbons (Fsp3) is 0.0385. The predicted molar refractivity (Wildman–Crippen MR) is 122 cm³/mol. The van der Waals surface area contributed by atoms with E-state index in [9.17, 15) is 0 Å². The van der Waals surface area contributed by atoms with Crippen LogP contribution >= 0.6 is 0 Å². The summed E-state index contributed by atoms with van der Waals surface area (Å²) in [6.45, 7) is 1.86. The number of aromatic nitrogens is 5. The molecule has 0 aliphatic carbocycles. The van der Waals surface area contributed by atoms with Crippen molar-refractivity contribution in [2.24, 2.45) is 0 Å². The molecule has 0 amide bonds. The summed E-state index contributed by atoms with van der Waals surface area (Å²) in [6, 6.07) is 31.9. The first-order valence-corrected chi connectivity index (χ1v) is 10.0. The van der Waals surface area contributed by atoms with Gasteiger partial charge in [0.05, 0.1) is 11.4 Å². The second-order valence-electron chi connectivity index (χ2n) is 7.08. The zero-order valence-electron chi connectivity index (χ0n) is 17.0. The van der Waals surface area contributed by atoms with E-state index in [1.165, 1.54) is 0 Å². The molecule has 0 radical (unpaired) electrons. The number of aryl methyl sites for hydroxylation is 1. The predicted octanol–water partition coefficient (Wildman–Crippen LogP) is 5.64. The van der Waals surface area contributed by atoms with Gasteiger partial charge in [-0.25, -0.2) is 24.9 Å². The van der Waals surface area contributed by atoms with Crippen molar-refractivity contribution in [2.45, 2.75) is 6.92 Å². The molecule has 0 unspecified atom stereocenters. The lowest BCUT2D eigenvalue weighted by Gasteiger charge is -2.08. The Morgan fingerprint density at radius 2 is 0.806 bits per heavy atom. The molecule has 3 aromatic heterocycles. The summed E-state index contributed by atoms with van der Waals surface area (Å²) < 4.78 is 0. The lowest BCUT2D eigenvalue weighted by atomic mass is 10.1. The first-order chi connectivity index (χ1) is 15.3. The minimum Gasteiger partial charge on any atom is -0.244 e. The SMILES string of the molecule is Cc1nc(-c2cccc(-c3ccccc3)n2)nc(-c2cccc(-c3ccccc3)n2)n1. The maximum atomic E-state index is 4.78. The summed E-state index contributed by atoms with van der Waals surface area (Å²) in [5.74, 6) is 1.69. The highest BCUT2D eigenvalue weighted by atomic mass is 15.1. The summed E-state index contributed by atoms with van der Waals surface area (Å²) in [5.41, 5.74) is 5.25. The van der Waals surface area contributed by atoms with Gasteiger partial charge in [-0.3, -0.25) is 0 Å². The molecule has 5 aromatic rings. The summed E-state index contributed by atoms with van der Waals surface area (Å²) in [4.78, 5) is 23.3. The Balaban J connectivity index is 1.56. The molecule has 0 spiro atoms. The van der Waals surface area contributed by atoms with Gasteiger partial charge in [-0.1, -0.05) is 72.8 Å².